The van der Waals surface area contributed by atoms with Crippen molar-refractivity contribution in [1.82, 2.24) is 4.31 Å². The third-order valence-corrected chi connectivity index (χ3v) is 8.53. The van der Waals surface area contributed by atoms with Crippen LogP contribution in [0, 0.1) is 5.92 Å². The van der Waals surface area contributed by atoms with E-state index >= 15 is 0 Å². The smallest absolute Gasteiger partial charge is 0.243 e. The summed E-state index contributed by atoms with van der Waals surface area (Å²) in [5.41, 5.74) is 3.21. The van der Waals surface area contributed by atoms with E-state index in [-0.39, 0.29) is 11.8 Å². The Labute approximate surface area is 176 Å². The van der Waals surface area contributed by atoms with Crippen molar-refractivity contribution >= 4 is 33.4 Å². The Hall–Kier alpha value is -1.83. The molecule has 1 amide bonds. The molecule has 0 spiro atoms. The zero-order valence-electron chi connectivity index (χ0n) is 16.6. The van der Waals surface area contributed by atoms with Crippen molar-refractivity contribution < 1.29 is 13.2 Å². The fraction of sp³-hybridized carbons (Fsp3) is 0.409. The van der Waals surface area contributed by atoms with Crippen LogP contribution in [0.3, 0.4) is 0 Å². The average molecular weight is 431 g/mol. The summed E-state index contributed by atoms with van der Waals surface area (Å²) in [6, 6.07) is 13.3. The summed E-state index contributed by atoms with van der Waals surface area (Å²) < 4.78 is 27.6. The zero-order valence-corrected chi connectivity index (χ0v) is 18.2. The van der Waals surface area contributed by atoms with Crippen LogP contribution in [0.25, 0.3) is 0 Å². The molecule has 0 radical (unpaired) electrons. The van der Waals surface area contributed by atoms with Crippen LogP contribution in [0.5, 0.6) is 0 Å². The van der Waals surface area contributed by atoms with Crippen LogP contribution in [0.15, 0.2) is 52.3 Å². The van der Waals surface area contributed by atoms with Gasteiger partial charge in [-0.25, -0.2) is 8.42 Å². The molecule has 2 aromatic rings. The van der Waals surface area contributed by atoms with E-state index in [1.807, 2.05) is 42.7 Å². The van der Waals surface area contributed by atoms with Crippen LogP contribution in [-0.2, 0) is 27.7 Å². The number of nitrogens with zero attached hydrogens (tertiary/aromatic N) is 1. The van der Waals surface area contributed by atoms with E-state index in [9.17, 15) is 13.2 Å². The molecule has 0 aromatic heterocycles. The number of piperidine rings is 1. The van der Waals surface area contributed by atoms with Crippen LogP contribution in [0.2, 0.25) is 0 Å². The topological polar surface area (TPSA) is 66.5 Å². The first-order valence-corrected chi connectivity index (χ1v) is 12.7. The number of carbonyl (C=O) groups excluding carboxylic acids is 1. The summed E-state index contributed by atoms with van der Waals surface area (Å²) >= 11 is 1.66. The predicted molar refractivity (Wildman–Crippen MR) is 117 cm³/mol. The fourth-order valence-corrected chi connectivity index (χ4v) is 6.06. The third-order valence-electron chi connectivity index (χ3n) is 5.89. The second-order valence-corrected chi connectivity index (χ2v) is 10.5. The van der Waals surface area contributed by atoms with Crippen molar-refractivity contribution in [3.63, 3.8) is 0 Å². The lowest BCUT2D eigenvalue weighted by Gasteiger charge is -2.30. The van der Waals surface area contributed by atoms with Crippen LogP contribution >= 0.6 is 11.8 Å². The highest BCUT2D eigenvalue weighted by Crippen LogP contribution is 2.29. The van der Waals surface area contributed by atoms with E-state index in [4.69, 9.17) is 0 Å². The molecule has 7 heteroatoms. The highest BCUT2D eigenvalue weighted by atomic mass is 32.2. The molecule has 1 saturated heterocycles. The van der Waals surface area contributed by atoms with Gasteiger partial charge in [0, 0.05) is 29.6 Å². The molecule has 1 N–H and O–H groups in total. The number of carbonyl (C=O) groups is 1. The average Bonchev–Trinajstić information content (AvgIpc) is 3.22. The van der Waals surface area contributed by atoms with Crippen molar-refractivity contribution in [2.75, 3.05) is 24.7 Å². The lowest BCUT2D eigenvalue weighted by molar-refractivity contribution is -0.120. The number of benzene rings is 2. The van der Waals surface area contributed by atoms with Gasteiger partial charge in [0.1, 0.15) is 0 Å². The summed E-state index contributed by atoms with van der Waals surface area (Å²) in [5.74, 6) is -0.196. The van der Waals surface area contributed by atoms with Crippen LogP contribution < -0.4 is 5.32 Å². The van der Waals surface area contributed by atoms with Gasteiger partial charge in [0.15, 0.2) is 0 Å². The van der Waals surface area contributed by atoms with Gasteiger partial charge in [0.05, 0.1) is 4.90 Å². The third kappa shape index (κ3) is 4.37. The number of anilines is 1. The molecule has 5 nitrogen and oxygen atoms in total. The molecule has 2 aliphatic rings. The molecule has 2 aromatic carbocycles. The Bertz CT molecular complexity index is 995. The molecule has 0 saturated carbocycles. The summed E-state index contributed by atoms with van der Waals surface area (Å²) in [6.07, 6.45) is 6.18. The fourth-order valence-electron chi connectivity index (χ4n) is 4.13. The van der Waals surface area contributed by atoms with E-state index in [1.54, 1.807) is 17.8 Å². The first-order valence-electron chi connectivity index (χ1n) is 10.0. The zero-order chi connectivity index (χ0) is 20.4. The minimum Gasteiger partial charge on any atom is -0.326 e. The molecule has 154 valence electrons. The first-order chi connectivity index (χ1) is 14.0. The second kappa shape index (κ2) is 8.50. The van der Waals surface area contributed by atoms with Gasteiger partial charge in [0.25, 0.3) is 0 Å². The maximum atomic E-state index is 13.0. The number of nitrogens with one attached hydrogen (secondary N) is 1. The molecule has 1 heterocycles. The number of fused-ring (bicyclic) bond motifs is 1. The lowest BCUT2D eigenvalue weighted by atomic mass is 9.97. The number of sulfonamides is 1. The predicted octanol–water partition coefficient (Wildman–Crippen LogP) is 3.94. The number of amides is 1. The van der Waals surface area contributed by atoms with Crippen LogP contribution in [0.4, 0.5) is 5.69 Å². The second-order valence-electron chi connectivity index (χ2n) is 7.68. The number of aryl methyl sites for hydroxylation is 2. The van der Waals surface area contributed by atoms with Gasteiger partial charge in [-0.3, -0.25) is 4.79 Å². The highest BCUT2D eigenvalue weighted by Gasteiger charge is 2.32. The number of thioether (sulfide) groups is 1. The van der Waals surface area contributed by atoms with Crippen molar-refractivity contribution in [3.05, 3.63) is 53.6 Å². The van der Waals surface area contributed by atoms with E-state index in [0.29, 0.717) is 30.8 Å². The minimum absolute atomic E-state index is 0.0310. The maximum absolute atomic E-state index is 13.0. The van der Waals surface area contributed by atoms with Crippen LogP contribution in [0.1, 0.15) is 30.4 Å². The van der Waals surface area contributed by atoms with E-state index in [2.05, 4.69) is 5.32 Å². The normalized spacial score (nSPS) is 17.8. The number of hydrogen-bond donors (Lipinski definition) is 1. The molecule has 1 fully saturated rings. The molecule has 1 aliphatic carbocycles. The monoisotopic (exact) mass is 430 g/mol. The molecule has 29 heavy (non-hydrogen) atoms. The Balaban J connectivity index is 1.37. The first kappa shape index (κ1) is 20.4. The quantitative estimate of drug-likeness (QED) is 0.730. The summed E-state index contributed by atoms with van der Waals surface area (Å²) in [4.78, 5) is 14.1. The Kier molecular flexibility index (Phi) is 5.99. The summed E-state index contributed by atoms with van der Waals surface area (Å²) in [6.45, 7) is 0.756. The lowest BCUT2D eigenvalue weighted by Crippen LogP contribution is -2.41. The Morgan fingerprint density at radius 2 is 1.72 bits per heavy atom. The van der Waals surface area contributed by atoms with E-state index in [0.717, 1.165) is 35.4 Å². The van der Waals surface area contributed by atoms with Crippen molar-refractivity contribution in [2.45, 2.75) is 41.9 Å². The van der Waals surface area contributed by atoms with Gasteiger partial charge in [-0.2, -0.15) is 4.31 Å². The highest BCUT2D eigenvalue weighted by molar-refractivity contribution is 7.98. The Morgan fingerprint density at radius 3 is 2.41 bits per heavy atom. The van der Waals surface area contributed by atoms with Crippen molar-refractivity contribution in [1.29, 1.82) is 0 Å². The van der Waals surface area contributed by atoms with Gasteiger partial charge in [-0.15, -0.1) is 11.8 Å². The molecular weight excluding hydrogens is 404 g/mol. The van der Waals surface area contributed by atoms with Gasteiger partial charge in [0.2, 0.25) is 15.9 Å². The molecular formula is C22H26N2O3S2. The van der Waals surface area contributed by atoms with E-state index < -0.39 is 10.0 Å². The van der Waals surface area contributed by atoms with Crippen LogP contribution in [-0.4, -0.2) is 38.0 Å². The standard InChI is InChI=1S/C22H26N2O3S2/c1-28-20-8-6-19(7-9-20)23-22(25)17-11-13-24(14-12-17)29(26,27)21-10-5-16-3-2-4-18(16)15-21/h5-10,15,17H,2-4,11-14H2,1H3,(H,23,25). The van der Waals surface area contributed by atoms with E-state index in [1.165, 1.54) is 9.87 Å². The van der Waals surface area contributed by atoms with Gasteiger partial charge >= 0.3 is 0 Å². The molecule has 0 unspecified atom stereocenters. The number of hydrogen-bond acceptors (Lipinski definition) is 4. The molecule has 0 atom stereocenters. The largest absolute Gasteiger partial charge is 0.326 e. The van der Waals surface area contributed by atoms with Crippen molar-refractivity contribution in [2.24, 2.45) is 5.92 Å². The van der Waals surface area contributed by atoms with Gasteiger partial charge in [-0.05, 0) is 85.9 Å². The summed E-state index contributed by atoms with van der Waals surface area (Å²) in [7, 11) is -3.50. The molecule has 0 bridgehead atoms. The molecule has 4 rings (SSSR count). The van der Waals surface area contributed by atoms with Crippen molar-refractivity contribution in [3.8, 4) is 0 Å². The summed E-state index contributed by atoms with van der Waals surface area (Å²) in [5, 5.41) is 2.96. The maximum Gasteiger partial charge on any atom is 0.243 e. The van der Waals surface area contributed by atoms with Gasteiger partial charge in [-0.1, -0.05) is 6.07 Å². The molecule has 1 aliphatic heterocycles. The van der Waals surface area contributed by atoms with Gasteiger partial charge < -0.3 is 5.32 Å². The number of rotatable bonds is 5. The SMILES string of the molecule is CSc1ccc(NC(=O)C2CCN(S(=O)(=O)c3ccc4c(c3)CCC4)CC2)cc1. The Morgan fingerprint density at radius 1 is 1.03 bits per heavy atom. The minimum atomic E-state index is -3.50.